The average Bonchev–Trinajstić information content (AvgIpc) is 2.83. The summed E-state index contributed by atoms with van der Waals surface area (Å²) in [5.41, 5.74) is -1.27. The maximum Gasteiger partial charge on any atom is 0.282 e. The highest BCUT2D eigenvalue weighted by molar-refractivity contribution is 6.31. The molecule has 0 saturated heterocycles. The van der Waals surface area contributed by atoms with Crippen LogP contribution in [0.5, 0.6) is 0 Å². The minimum absolute atomic E-state index is 0.161. The fourth-order valence-electron chi connectivity index (χ4n) is 2.54. The average molecular weight is 378 g/mol. The molecule has 0 aromatic heterocycles. The van der Waals surface area contributed by atoms with Gasteiger partial charge in [-0.3, -0.25) is 29.4 Å². The first-order chi connectivity index (χ1) is 12.3. The Labute approximate surface area is 150 Å². The quantitative estimate of drug-likeness (QED) is 0.500. The number of carbonyl (C=O) groups excluding carboxylic acids is 3. The summed E-state index contributed by atoms with van der Waals surface area (Å²) in [6.45, 7) is -0.727. The number of nitrogens with zero attached hydrogens (tertiary/aromatic N) is 2. The van der Waals surface area contributed by atoms with Gasteiger partial charge < -0.3 is 5.32 Å². The van der Waals surface area contributed by atoms with Crippen LogP contribution >= 0.6 is 11.6 Å². The van der Waals surface area contributed by atoms with Crippen LogP contribution in [0.25, 0.3) is 0 Å². The molecule has 1 aliphatic rings. The topological polar surface area (TPSA) is 110 Å². The van der Waals surface area contributed by atoms with Crippen LogP contribution in [0.4, 0.5) is 15.8 Å². The number of anilines is 1. The Morgan fingerprint density at radius 3 is 2.65 bits per heavy atom. The minimum atomic E-state index is -0.959. The van der Waals surface area contributed by atoms with Crippen LogP contribution in [0.1, 0.15) is 20.7 Å². The van der Waals surface area contributed by atoms with E-state index in [1.165, 1.54) is 24.3 Å². The second kappa shape index (κ2) is 6.52. The summed E-state index contributed by atoms with van der Waals surface area (Å²) >= 11 is 5.72. The van der Waals surface area contributed by atoms with Crippen LogP contribution in [-0.2, 0) is 4.79 Å². The van der Waals surface area contributed by atoms with Gasteiger partial charge in [-0.25, -0.2) is 4.39 Å². The molecular formula is C16H9ClFN3O5. The van der Waals surface area contributed by atoms with E-state index >= 15 is 0 Å². The Morgan fingerprint density at radius 1 is 1.23 bits per heavy atom. The molecule has 0 bridgehead atoms. The third-order valence-electron chi connectivity index (χ3n) is 3.68. The minimum Gasteiger partial charge on any atom is -0.322 e. The van der Waals surface area contributed by atoms with Crippen LogP contribution in [0.15, 0.2) is 36.4 Å². The van der Waals surface area contributed by atoms with Crippen molar-refractivity contribution in [2.45, 2.75) is 0 Å². The number of nitro benzene ring substituents is 1. The molecule has 3 rings (SSSR count). The van der Waals surface area contributed by atoms with Gasteiger partial charge in [-0.1, -0.05) is 17.7 Å². The van der Waals surface area contributed by atoms with Gasteiger partial charge in [0.15, 0.2) is 0 Å². The fourth-order valence-corrected chi connectivity index (χ4v) is 2.71. The molecule has 2 aromatic carbocycles. The summed E-state index contributed by atoms with van der Waals surface area (Å²) in [7, 11) is 0. The van der Waals surface area contributed by atoms with Gasteiger partial charge in [0, 0.05) is 11.1 Å². The van der Waals surface area contributed by atoms with Crippen molar-refractivity contribution >= 4 is 40.7 Å². The Kier molecular flexibility index (Phi) is 4.39. The number of nitrogens with one attached hydrogen (secondary N) is 1. The van der Waals surface area contributed by atoms with Crippen LogP contribution in [0.2, 0.25) is 5.02 Å². The summed E-state index contributed by atoms with van der Waals surface area (Å²) in [6.07, 6.45) is 0. The highest BCUT2D eigenvalue weighted by Crippen LogP contribution is 2.30. The Hall–Kier alpha value is -3.33. The summed E-state index contributed by atoms with van der Waals surface area (Å²) in [4.78, 5) is 47.6. The summed E-state index contributed by atoms with van der Waals surface area (Å²) in [5, 5.41) is 13.4. The standard InChI is InChI=1S/C16H9ClFN3O5/c17-8-4-5-10(18)11(6-8)19-13(22)7-20-15(23)9-2-1-3-12(21(25)26)14(9)16(20)24/h1-6H,7H2,(H,19,22). The first kappa shape index (κ1) is 17.5. The van der Waals surface area contributed by atoms with Gasteiger partial charge in [-0.15, -0.1) is 0 Å². The molecule has 26 heavy (non-hydrogen) atoms. The Morgan fingerprint density at radius 2 is 1.96 bits per heavy atom. The smallest absolute Gasteiger partial charge is 0.282 e. The molecule has 132 valence electrons. The highest BCUT2D eigenvalue weighted by atomic mass is 35.5. The van der Waals surface area contributed by atoms with E-state index < -0.39 is 40.7 Å². The van der Waals surface area contributed by atoms with E-state index in [0.717, 1.165) is 12.1 Å². The van der Waals surface area contributed by atoms with Crippen molar-refractivity contribution in [2.75, 3.05) is 11.9 Å². The van der Waals surface area contributed by atoms with Crippen LogP contribution < -0.4 is 5.32 Å². The van der Waals surface area contributed by atoms with Gasteiger partial charge in [-0.05, 0) is 24.3 Å². The summed E-state index contributed by atoms with van der Waals surface area (Å²) < 4.78 is 13.7. The predicted molar refractivity (Wildman–Crippen MR) is 88.5 cm³/mol. The maximum absolute atomic E-state index is 13.7. The number of imide groups is 1. The molecule has 8 nitrogen and oxygen atoms in total. The third kappa shape index (κ3) is 3.00. The summed E-state index contributed by atoms with van der Waals surface area (Å²) in [5.74, 6) is -3.40. The molecular weight excluding hydrogens is 369 g/mol. The predicted octanol–water partition coefficient (Wildman–Crippen LogP) is 2.62. The van der Waals surface area contributed by atoms with E-state index in [2.05, 4.69) is 5.32 Å². The molecule has 0 unspecified atom stereocenters. The van der Waals surface area contributed by atoms with E-state index in [1.54, 1.807) is 0 Å². The SMILES string of the molecule is O=C(CN1C(=O)c2cccc([N+](=O)[O-])c2C1=O)Nc1cc(Cl)ccc1F. The Balaban J connectivity index is 1.83. The summed E-state index contributed by atoms with van der Waals surface area (Å²) in [6, 6.07) is 7.13. The molecule has 3 amide bonds. The van der Waals surface area contributed by atoms with Gasteiger partial charge in [0.05, 0.1) is 16.2 Å². The number of fused-ring (bicyclic) bond motifs is 1. The number of carbonyl (C=O) groups is 3. The van der Waals surface area contributed by atoms with Crippen LogP contribution in [0, 0.1) is 15.9 Å². The highest BCUT2D eigenvalue weighted by Gasteiger charge is 2.41. The van der Waals surface area contributed by atoms with Crippen molar-refractivity contribution in [3.63, 3.8) is 0 Å². The molecule has 1 N–H and O–H groups in total. The lowest BCUT2D eigenvalue weighted by Crippen LogP contribution is -2.37. The third-order valence-corrected chi connectivity index (χ3v) is 3.91. The molecule has 1 heterocycles. The van der Waals surface area contributed by atoms with Crippen molar-refractivity contribution in [3.05, 3.63) is 68.5 Å². The van der Waals surface area contributed by atoms with E-state index in [4.69, 9.17) is 11.6 Å². The van der Waals surface area contributed by atoms with Crippen LogP contribution in [-0.4, -0.2) is 34.1 Å². The molecule has 0 radical (unpaired) electrons. The number of nitro groups is 1. The molecule has 0 fully saturated rings. The van der Waals surface area contributed by atoms with E-state index in [1.807, 2.05) is 0 Å². The molecule has 0 saturated carbocycles. The number of benzene rings is 2. The zero-order chi connectivity index (χ0) is 19.0. The van der Waals surface area contributed by atoms with Crippen LogP contribution in [0.3, 0.4) is 0 Å². The van der Waals surface area contributed by atoms with Gasteiger partial charge in [0.25, 0.3) is 17.5 Å². The van der Waals surface area contributed by atoms with Crippen molar-refractivity contribution < 1.29 is 23.7 Å². The second-order valence-electron chi connectivity index (χ2n) is 5.33. The maximum atomic E-state index is 13.7. The number of hydrogen-bond donors (Lipinski definition) is 1. The van der Waals surface area contributed by atoms with Crippen molar-refractivity contribution in [3.8, 4) is 0 Å². The van der Waals surface area contributed by atoms with Crippen molar-refractivity contribution in [1.82, 2.24) is 4.90 Å². The number of amides is 3. The molecule has 0 aliphatic carbocycles. The van der Waals surface area contributed by atoms with Gasteiger partial charge in [0.2, 0.25) is 5.91 Å². The molecule has 0 spiro atoms. The van der Waals surface area contributed by atoms with Crippen molar-refractivity contribution in [2.24, 2.45) is 0 Å². The van der Waals surface area contributed by atoms with Crippen molar-refractivity contribution in [1.29, 1.82) is 0 Å². The van der Waals surface area contributed by atoms with Gasteiger partial charge >= 0.3 is 0 Å². The fraction of sp³-hybridized carbons (Fsp3) is 0.0625. The zero-order valence-electron chi connectivity index (χ0n) is 12.9. The first-order valence-electron chi connectivity index (χ1n) is 7.18. The number of rotatable bonds is 4. The first-order valence-corrected chi connectivity index (χ1v) is 7.56. The largest absolute Gasteiger partial charge is 0.322 e. The van der Waals surface area contributed by atoms with Gasteiger partial charge in [-0.2, -0.15) is 0 Å². The lowest BCUT2D eigenvalue weighted by atomic mass is 10.1. The lowest BCUT2D eigenvalue weighted by Gasteiger charge is -2.14. The number of hydrogen-bond acceptors (Lipinski definition) is 5. The molecule has 2 aromatic rings. The van der Waals surface area contributed by atoms with Gasteiger partial charge in [0.1, 0.15) is 17.9 Å². The molecule has 10 heteroatoms. The monoisotopic (exact) mass is 377 g/mol. The normalized spacial score (nSPS) is 12.9. The second-order valence-corrected chi connectivity index (χ2v) is 5.76. The molecule has 1 aliphatic heterocycles. The molecule has 0 atom stereocenters. The lowest BCUT2D eigenvalue weighted by molar-refractivity contribution is -0.385. The van der Waals surface area contributed by atoms with E-state index in [9.17, 15) is 28.9 Å². The van der Waals surface area contributed by atoms with E-state index in [-0.39, 0.29) is 21.8 Å². The Bertz CT molecular complexity index is 978. The van der Waals surface area contributed by atoms with E-state index in [0.29, 0.717) is 4.90 Å². The zero-order valence-corrected chi connectivity index (χ0v) is 13.6. The number of halogens is 2.